The molecule has 0 bridgehead atoms. The van der Waals surface area contributed by atoms with E-state index in [4.69, 9.17) is 21.1 Å². The third kappa shape index (κ3) is 6.64. The Hall–Kier alpha value is -2.79. The molecule has 5 nitrogen and oxygen atoms in total. The number of ether oxygens (including phenoxy) is 2. The number of rotatable bonds is 6. The lowest BCUT2D eigenvalue weighted by Crippen LogP contribution is -2.43. The van der Waals surface area contributed by atoms with Gasteiger partial charge in [0.15, 0.2) is 11.4 Å². The zero-order valence-corrected chi connectivity index (χ0v) is 17.9. The molecular formula is C23H25ClO5. The van der Waals surface area contributed by atoms with Crippen molar-refractivity contribution in [1.82, 2.24) is 0 Å². The number of phenolic OH excluding ortho intramolecular Hbond substituents is 1. The first kappa shape index (κ1) is 22.5. The number of hydrogen-bond donors (Lipinski definition) is 1. The Kier molecular flexibility index (Phi) is 6.75. The highest BCUT2D eigenvalue weighted by molar-refractivity contribution is 6.31. The van der Waals surface area contributed by atoms with Gasteiger partial charge in [0.25, 0.3) is 0 Å². The van der Waals surface area contributed by atoms with Gasteiger partial charge in [-0.15, -0.1) is 0 Å². The highest BCUT2D eigenvalue weighted by atomic mass is 35.5. The van der Waals surface area contributed by atoms with Gasteiger partial charge in [-0.05, 0) is 76.6 Å². The summed E-state index contributed by atoms with van der Waals surface area (Å²) in [6.45, 7) is 8.69. The van der Waals surface area contributed by atoms with Gasteiger partial charge in [-0.2, -0.15) is 0 Å². The Morgan fingerprint density at radius 1 is 1.00 bits per heavy atom. The Bertz CT molecular complexity index is 921. The van der Waals surface area contributed by atoms with Gasteiger partial charge in [0.2, 0.25) is 0 Å². The van der Waals surface area contributed by atoms with Crippen LogP contribution in [0.4, 0.5) is 0 Å². The zero-order valence-electron chi connectivity index (χ0n) is 17.2. The van der Waals surface area contributed by atoms with E-state index < -0.39 is 17.2 Å². The number of ketones is 1. The van der Waals surface area contributed by atoms with Crippen LogP contribution in [0.25, 0.3) is 6.08 Å². The van der Waals surface area contributed by atoms with Gasteiger partial charge in [-0.25, -0.2) is 4.79 Å². The number of benzene rings is 2. The summed E-state index contributed by atoms with van der Waals surface area (Å²) < 4.78 is 11.2. The monoisotopic (exact) mass is 416 g/mol. The summed E-state index contributed by atoms with van der Waals surface area (Å²) >= 11 is 5.78. The topological polar surface area (TPSA) is 72.8 Å². The van der Waals surface area contributed by atoms with Crippen molar-refractivity contribution in [1.29, 1.82) is 0 Å². The normalized spacial score (nSPS) is 12.1. The Labute approximate surface area is 175 Å². The first-order valence-electron chi connectivity index (χ1n) is 9.11. The molecule has 1 N–H and O–H groups in total. The number of aromatic hydroxyl groups is 1. The number of carbonyl (C=O) groups excluding carboxylic acids is 2. The Balaban J connectivity index is 2.05. The molecule has 0 atom stereocenters. The highest BCUT2D eigenvalue weighted by Gasteiger charge is 2.34. The molecule has 0 heterocycles. The lowest BCUT2D eigenvalue weighted by Gasteiger charge is -2.29. The van der Waals surface area contributed by atoms with Crippen LogP contribution in [0.15, 0.2) is 48.5 Å². The molecule has 0 amide bonds. The van der Waals surface area contributed by atoms with Gasteiger partial charge in [-0.3, -0.25) is 4.79 Å². The highest BCUT2D eigenvalue weighted by Crippen LogP contribution is 2.24. The van der Waals surface area contributed by atoms with E-state index in [9.17, 15) is 14.7 Å². The van der Waals surface area contributed by atoms with Crippen molar-refractivity contribution in [3.8, 4) is 11.5 Å². The van der Waals surface area contributed by atoms with E-state index in [1.165, 1.54) is 18.2 Å². The number of carbonyl (C=O) groups is 2. The van der Waals surface area contributed by atoms with E-state index in [0.717, 1.165) is 5.56 Å². The van der Waals surface area contributed by atoms with Crippen molar-refractivity contribution < 1.29 is 24.2 Å². The van der Waals surface area contributed by atoms with Crippen LogP contribution in [0.2, 0.25) is 5.02 Å². The molecule has 154 valence electrons. The van der Waals surface area contributed by atoms with Crippen LogP contribution < -0.4 is 4.74 Å². The summed E-state index contributed by atoms with van der Waals surface area (Å²) in [6, 6.07) is 11.3. The minimum Gasteiger partial charge on any atom is -0.507 e. The molecule has 0 aliphatic carbocycles. The quantitative estimate of drug-likeness (QED) is 0.385. The predicted molar refractivity (Wildman–Crippen MR) is 113 cm³/mol. The van der Waals surface area contributed by atoms with Gasteiger partial charge in [0, 0.05) is 5.02 Å². The second-order valence-electron chi connectivity index (χ2n) is 8.04. The second-order valence-corrected chi connectivity index (χ2v) is 8.48. The minimum atomic E-state index is -1.15. The van der Waals surface area contributed by atoms with E-state index >= 15 is 0 Å². The molecule has 0 aromatic heterocycles. The lowest BCUT2D eigenvalue weighted by atomic mass is 10.1. The van der Waals surface area contributed by atoms with E-state index in [1.807, 2.05) is 0 Å². The van der Waals surface area contributed by atoms with E-state index in [2.05, 4.69) is 0 Å². The fraction of sp³-hybridized carbons (Fsp3) is 0.304. The van der Waals surface area contributed by atoms with Gasteiger partial charge >= 0.3 is 5.97 Å². The fourth-order valence-electron chi connectivity index (χ4n) is 2.36. The maximum absolute atomic E-state index is 12.3. The summed E-state index contributed by atoms with van der Waals surface area (Å²) in [5.74, 6) is -0.465. The number of esters is 1. The van der Waals surface area contributed by atoms with Crippen molar-refractivity contribution in [3.05, 3.63) is 64.7 Å². The maximum atomic E-state index is 12.3. The van der Waals surface area contributed by atoms with Gasteiger partial charge in [0.05, 0.1) is 5.56 Å². The van der Waals surface area contributed by atoms with Crippen LogP contribution in [-0.4, -0.2) is 28.1 Å². The van der Waals surface area contributed by atoms with Crippen molar-refractivity contribution >= 4 is 29.4 Å². The molecule has 0 spiro atoms. The molecule has 29 heavy (non-hydrogen) atoms. The number of allylic oxidation sites excluding steroid dienone is 1. The Morgan fingerprint density at radius 3 is 2.17 bits per heavy atom. The number of halogens is 1. The first-order valence-corrected chi connectivity index (χ1v) is 9.49. The molecule has 0 saturated heterocycles. The van der Waals surface area contributed by atoms with Crippen molar-refractivity contribution in [2.24, 2.45) is 0 Å². The summed E-state index contributed by atoms with van der Waals surface area (Å²) in [6.07, 6.45) is 2.99. The van der Waals surface area contributed by atoms with E-state index in [-0.39, 0.29) is 17.1 Å². The molecule has 2 aromatic rings. The van der Waals surface area contributed by atoms with Gasteiger partial charge in [0.1, 0.15) is 17.1 Å². The molecular weight excluding hydrogens is 392 g/mol. The maximum Gasteiger partial charge on any atom is 0.350 e. The van der Waals surface area contributed by atoms with E-state index in [0.29, 0.717) is 10.8 Å². The average Bonchev–Trinajstić information content (AvgIpc) is 2.59. The van der Waals surface area contributed by atoms with Gasteiger partial charge in [-0.1, -0.05) is 29.8 Å². The van der Waals surface area contributed by atoms with Crippen molar-refractivity contribution in [2.45, 2.75) is 45.8 Å². The average molecular weight is 417 g/mol. The van der Waals surface area contributed by atoms with Crippen LogP contribution in [0.3, 0.4) is 0 Å². The molecule has 0 unspecified atom stereocenters. The largest absolute Gasteiger partial charge is 0.507 e. The van der Waals surface area contributed by atoms with Crippen LogP contribution in [0.5, 0.6) is 11.5 Å². The fourth-order valence-corrected chi connectivity index (χ4v) is 2.53. The smallest absolute Gasteiger partial charge is 0.350 e. The van der Waals surface area contributed by atoms with Gasteiger partial charge < -0.3 is 14.6 Å². The molecule has 0 aliphatic heterocycles. The third-order valence-corrected chi connectivity index (χ3v) is 4.03. The van der Waals surface area contributed by atoms with Crippen molar-refractivity contribution in [3.63, 3.8) is 0 Å². The first-order chi connectivity index (χ1) is 13.4. The van der Waals surface area contributed by atoms with Crippen LogP contribution in [0.1, 0.15) is 50.5 Å². The molecule has 0 radical (unpaired) electrons. The third-order valence-electron chi connectivity index (χ3n) is 3.80. The van der Waals surface area contributed by atoms with Crippen molar-refractivity contribution in [2.75, 3.05) is 0 Å². The van der Waals surface area contributed by atoms with Crippen LogP contribution in [-0.2, 0) is 9.53 Å². The standard InChI is InChI=1S/C23H25ClO5/c1-22(2,3)29-21(27)23(4,5)28-17-10-6-15(7-11-17)8-13-19(25)18-12-9-16(24)14-20(18)26/h6-14,26H,1-5H3/b13-8+. The molecule has 2 rings (SSSR count). The predicted octanol–water partition coefficient (Wildman–Crippen LogP) is 5.44. The van der Waals surface area contributed by atoms with Crippen LogP contribution >= 0.6 is 11.6 Å². The SMILES string of the molecule is CC(C)(C)OC(=O)C(C)(C)Oc1ccc(/C=C/C(=O)c2ccc(Cl)cc2O)cc1. The summed E-state index contributed by atoms with van der Waals surface area (Å²) in [4.78, 5) is 24.5. The molecule has 2 aromatic carbocycles. The number of phenols is 1. The van der Waals surface area contributed by atoms with Crippen LogP contribution in [0, 0.1) is 0 Å². The molecule has 0 fully saturated rings. The zero-order chi connectivity index (χ0) is 21.8. The van der Waals surface area contributed by atoms with E-state index in [1.54, 1.807) is 71.0 Å². The molecule has 6 heteroatoms. The lowest BCUT2D eigenvalue weighted by molar-refractivity contribution is -0.170. The molecule has 0 aliphatic rings. The summed E-state index contributed by atoms with van der Waals surface area (Å²) in [5, 5.41) is 10.2. The summed E-state index contributed by atoms with van der Waals surface area (Å²) in [7, 11) is 0. The Morgan fingerprint density at radius 2 is 1.62 bits per heavy atom. The number of hydrogen-bond acceptors (Lipinski definition) is 5. The second kappa shape index (κ2) is 8.70. The summed E-state index contributed by atoms with van der Waals surface area (Å²) in [5.41, 5.74) is -0.816. The molecule has 0 saturated carbocycles. The minimum absolute atomic E-state index is 0.166.